The highest BCUT2D eigenvalue weighted by Crippen LogP contribution is 2.25. The van der Waals surface area contributed by atoms with Crippen LogP contribution in [0.3, 0.4) is 0 Å². The quantitative estimate of drug-likeness (QED) is 0.499. The van der Waals surface area contributed by atoms with Crippen molar-refractivity contribution in [3.05, 3.63) is 48.5 Å². The molecule has 0 bridgehead atoms. The van der Waals surface area contributed by atoms with Crippen molar-refractivity contribution in [2.75, 3.05) is 23.8 Å². The molecule has 164 valence electrons. The van der Waals surface area contributed by atoms with Crippen LogP contribution >= 0.6 is 0 Å². The van der Waals surface area contributed by atoms with E-state index in [2.05, 4.69) is 30.8 Å². The summed E-state index contributed by atoms with van der Waals surface area (Å²) in [6, 6.07) is 5.76. The van der Waals surface area contributed by atoms with Gasteiger partial charge in [0, 0.05) is 49.3 Å². The predicted molar refractivity (Wildman–Crippen MR) is 120 cm³/mol. The van der Waals surface area contributed by atoms with Crippen molar-refractivity contribution in [3.8, 4) is 11.3 Å². The van der Waals surface area contributed by atoms with Gasteiger partial charge < -0.3 is 15.4 Å². The van der Waals surface area contributed by atoms with Gasteiger partial charge in [-0.3, -0.25) is 14.5 Å². The van der Waals surface area contributed by atoms with Gasteiger partial charge in [0.2, 0.25) is 11.9 Å². The number of carbonyl (C=O) groups is 1. The molecule has 0 spiro atoms. The molecule has 0 unspecified atom stereocenters. The van der Waals surface area contributed by atoms with Gasteiger partial charge in [0.15, 0.2) is 5.65 Å². The Balaban J connectivity index is 1.34. The summed E-state index contributed by atoms with van der Waals surface area (Å²) in [5, 5.41) is 15.1. The van der Waals surface area contributed by atoms with Crippen LogP contribution in [-0.2, 0) is 16.6 Å². The molecule has 0 atom stereocenters. The molecule has 0 aliphatic carbocycles. The molecule has 2 N–H and O–H groups in total. The van der Waals surface area contributed by atoms with Gasteiger partial charge in [-0.15, -0.1) is 5.10 Å². The predicted octanol–water partition coefficient (Wildman–Crippen LogP) is 2.94. The first kappa shape index (κ1) is 20.1. The van der Waals surface area contributed by atoms with Crippen LogP contribution in [0.2, 0.25) is 0 Å². The minimum atomic E-state index is 0.00532. The van der Waals surface area contributed by atoms with Crippen LogP contribution in [0.15, 0.2) is 43.0 Å². The zero-order valence-electron chi connectivity index (χ0n) is 17.9. The number of benzene rings is 1. The topological polar surface area (TPSA) is 111 Å². The summed E-state index contributed by atoms with van der Waals surface area (Å²) < 4.78 is 8.81. The maximum absolute atomic E-state index is 12.5. The number of fused-ring (bicyclic) bond motifs is 1. The van der Waals surface area contributed by atoms with E-state index in [-0.39, 0.29) is 11.8 Å². The SMILES string of the molecule is Cc1cc(Nc2nc3cncc(-c4cnn(C)c4)n3n2)ccc1NC(=O)C1CCOCC1. The molecule has 1 amide bonds. The summed E-state index contributed by atoms with van der Waals surface area (Å²) in [6.07, 6.45) is 8.60. The van der Waals surface area contributed by atoms with E-state index in [0.29, 0.717) is 24.8 Å². The number of hydrogen-bond donors (Lipinski definition) is 2. The molecule has 0 saturated carbocycles. The molecular weight excluding hydrogens is 408 g/mol. The smallest absolute Gasteiger partial charge is 0.247 e. The normalized spacial score (nSPS) is 14.6. The number of carbonyl (C=O) groups excluding carboxylic acids is 1. The van der Waals surface area contributed by atoms with Crippen molar-refractivity contribution < 1.29 is 9.53 Å². The molecule has 3 aromatic heterocycles. The summed E-state index contributed by atoms with van der Waals surface area (Å²) in [4.78, 5) is 21.3. The van der Waals surface area contributed by atoms with E-state index in [1.54, 1.807) is 27.8 Å². The molecular formula is C22H24N8O2. The van der Waals surface area contributed by atoms with E-state index in [1.165, 1.54) is 0 Å². The van der Waals surface area contributed by atoms with E-state index in [9.17, 15) is 4.79 Å². The van der Waals surface area contributed by atoms with Gasteiger partial charge in [0.25, 0.3) is 0 Å². The highest BCUT2D eigenvalue weighted by Gasteiger charge is 2.22. The molecule has 5 rings (SSSR count). The first-order chi connectivity index (χ1) is 15.6. The largest absolute Gasteiger partial charge is 0.381 e. The third-order valence-electron chi connectivity index (χ3n) is 5.58. The molecule has 10 heteroatoms. The van der Waals surface area contributed by atoms with Gasteiger partial charge in [-0.1, -0.05) is 0 Å². The first-order valence-electron chi connectivity index (χ1n) is 10.5. The minimum absolute atomic E-state index is 0.00532. The van der Waals surface area contributed by atoms with E-state index in [4.69, 9.17) is 4.74 Å². The van der Waals surface area contributed by atoms with Crippen LogP contribution in [-0.4, -0.2) is 48.5 Å². The van der Waals surface area contributed by atoms with Gasteiger partial charge in [0.05, 0.1) is 24.3 Å². The molecule has 1 saturated heterocycles. The van der Waals surface area contributed by atoms with Crippen LogP contribution in [0.1, 0.15) is 18.4 Å². The number of amides is 1. The van der Waals surface area contributed by atoms with Crippen molar-refractivity contribution >= 4 is 28.9 Å². The molecule has 0 radical (unpaired) electrons. The second-order valence-corrected chi connectivity index (χ2v) is 7.93. The molecule has 1 aliphatic rings. The standard InChI is InChI=1S/C22H24N8O2/c1-14-9-17(3-4-18(14)26-21(31)15-5-7-32-8-6-15)25-22-27-20-12-23-11-19(30(20)28-22)16-10-24-29(2)13-16/h3-4,9-13,15H,5-8H2,1-2H3,(H,25,28)(H,26,31). The van der Waals surface area contributed by atoms with Crippen molar-refractivity contribution in [1.82, 2.24) is 29.4 Å². The number of rotatable bonds is 5. The van der Waals surface area contributed by atoms with Gasteiger partial charge in [-0.05, 0) is 43.5 Å². The van der Waals surface area contributed by atoms with E-state index in [0.717, 1.165) is 41.0 Å². The lowest BCUT2D eigenvalue weighted by Crippen LogP contribution is -2.28. The third-order valence-corrected chi connectivity index (χ3v) is 5.58. The number of ether oxygens (including phenoxy) is 1. The van der Waals surface area contributed by atoms with Crippen molar-refractivity contribution in [3.63, 3.8) is 0 Å². The minimum Gasteiger partial charge on any atom is -0.381 e. The third kappa shape index (κ3) is 4.04. The Morgan fingerprint density at radius 2 is 2.03 bits per heavy atom. The fourth-order valence-electron chi connectivity index (χ4n) is 3.82. The number of hydrogen-bond acceptors (Lipinski definition) is 7. The number of aryl methyl sites for hydroxylation is 2. The zero-order chi connectivity index (χ0) is 22.1. The Kier molecular flexibility index (Phi) is 5.28. The van der Waals surface area contributed by atoms with Gasteiger partial charge in [-0.2, -0.15) is 10.1 Å². The maximum Gasteiger partial charge on any atom is 0.247 e. The zero-order valence-corrected chi connectivity index (χ0v) is 17.9. The lowest BCUT2D eigenvalue weighted by atomic mass is 9.99. The Labute approximate surface area is 184 Å². The Morgan fingerprint density at radius 3 is 2.78 bits per heavy atom. The van der Waals surface area contributed by atoms with Gasteiger partial charge in [0.1, 0.15) is 0 Å². The summed E-state index contributed by atoms with van der Waals surface area (Å²) in [5.41, 5.74) is 4.93. The number of nitrogens with one attached hydrogen (secondary N) is 2. The number of nitrogens with zero attached hydrogens (tertiary/aromatic N) is 6. The van der Waals surface area contributed by atoms with Crippen LogP contribution < -0.4 is 10.6 Å². The Morgan fingerprint density at radius 1 is 1.19 bits per heavy atom. The van der Waals surface area contributed by atoms with Gasteiger partial charge >= 0.3 is 0 Å². The van der Waals surface area contributed by atoms with Crippen LogP contribution in [0, 0.1) is 12.8 Å². The van der Waals surface area contributed by atoms with Crippen molar-refractivity contribution in [1.29, 1.82) is 0 Å². The summed E-state index contributed by atoms with van der Waals surface area (Å²) in [7, 11) is 1.86. The molecule has 1 aromatic carbocycles. The lowest BCUT2D eigenvalue weighted by molar-refractivity contribution is -0.122. The number of anilines is 3. The van der Waals surface area contributed by atoms with Crippen LogP contribution in [0.25, 0.3) is 16.9 Å². The average Bonchev–Trinajstić information content (AvgIpc) is 3.41. The van der Waals surface area contributed by atoms with Crippen LogP contribution in [0.5, 0.6) is 0 Å². The molecule has 10 nitrogen and oxygen atoms in total. The van der Waals surface area contributed by atoms with Gasteiger partial charge in [-0.25, -0.2) is 4.52 Å². The van der Waals surface area contributed by atoms with E-state index in [1.807, 2.05) is 38.4 Å². The fraction of sp³-hybridized carbons (Fsp3) is 0.318. The number of aromatic nitrogens is 6. The fourth-order valence-corrected chi connectivity index (χ4v) is 3.82. The van der Waals surface area contributed by atoms with E-state index >= 15 is 0 Å². The Hall–Kier alpha value is -3.79. The second-order valence-electron chi connectivity index (χ2n) is 7.93. The molecule has 1 aliphatic heterocycles. The monoisotopic (exact) mass is 432 g/mol. The Bertz CT molecular complexity index is 1270. The summed E-state index contributed by atoms with van der Waals surface area (Å²) in [5.74, 6) is 0.516. The second kappa shape index (κ2) is 8.39. The lowest BCUT2D eigenvalue weighted by Gasteiger charge is -2.21. The highest BCUT2D eigenvalue weighted by molar-refractivity contribution is 5.93. The van der Waals surface area contributed by atoms with Crippen LogP contribution in [0.4, 0.5) is 17.3 Å². The van der Waals surface area contributed by atoms with Crippen molar-refractivity contribution in [2.24, 2.45) is 13.0 Å². The first-order valence-corrected chi connectivity index (χ1v) is 10.5. The molecule has 4 aromatic rings. The highest BCUT2D eigenvalue weighted by atomic mass is 16.5. The summed E-state index contributed by atoms with van der Waals surface area (Å²) in [6.45, 7) is 3.25. The molecule has 1 fully saturated rings. The molecule has 32 heavy (non-hydrogen) atoms. The maximum atomic E-state index is 12.5. The van der Waals surface area contributed by atoms with Crippen molar-refractivity contribution in [2.45, 2.75) is 19.8 Å². The molecule has 4 heterocycles. The average molecular weight is 432 g/mol. The summed E-state index contributed by atoms with van der Waals surface area (Å²) >= 11 is 0. The van der Waals surface area contributed by atoms with E-state index < -0.39 is 0 Å².